The van der Waals surface area contributed by atoms with Gasteiger partial charge in [0.2, 0.25) is 0 Å². The summed E-state index contributed by atoms with van der Waals surface area (Å²) in [7, 11) is 0. The summed E-state index contributed by atoms with van der Waals surface area (Å²) < 4.78 is 86.7. The SMILES string of the molecule is Nc1ccc(C(F)(F)F)c([C@@H]2Cc3nc(OC[C@@]45CCCN4C[C@H](F)C5)nc(N4CCCn5nc(C(=O)N6CC7CCCNC7C6)c(Cl)c5C4)c3CO2)c1F. The fourth-order valence-corrected chi connectivity index (χ4v) is 10.00. The number of amides is 1. The first-order chi connectivity index (χ1) is 26.4. The van der Waals surface area contributed by atoms with Crippen molar-refractivity contribution in [1.29, 1.82) is 0 Å². The molecule has 0 bridgehead atoms. The zero-order valence-corrected chi connectivity index (χ0v) is 30.9. The van der Waals surface area contributed by atoms with Crippen LogP contribution in [0.5, 0.6) is 6.01 Å². The fraction of sp³-hybridized carbons (Fsp3) is 0.622. The van der Waals surface area contributed by atoms with E-state index in [0.29, 0.717) is 74.3 Å². The van der Waals surface area contributed by atoms with E-state index < -0.39 is 46.6 Å². The number of alkyl halides is 4. The third kappa shape index (κ3) is 6.57. The van der Waals surface area contributed by atoms with Crippen LogP contribution in [0.2, 0.25) is 5.02 Å². The van der Waals surface area contributed by atoms with Gasteiger partial charge in [-0.05, 0) is 63.2 Å². The second kappa shape index (κ2) is 14.0. The summed E-state index contributed by atoms with van der Waals surface area (Å²) in [5, 5.41) is 8.47. The molecule has 3 aromatic rings. The third-order valence-electron chi connectivity index (χ3n) is 12.4. The lowest BCUT2D eigenvalue weighted by atomic mass is 9.94. The summed E-state index contributed by atoms with van der Waals surface area (Å²) in [5.74, 6) is -0.584. The van der Waals surface area contributed by atoms with Crippen LogP contribution in [0.4, 0.5) is 33.5 Å². The normalized spacial score (nSPS) is 28.1. The number of halogens is 6. The molecule has 296 valence electrons. The van der Waals surface area contributed by atoms with Crippen molar-refractivity contribution < 1.29 is 36.2 Å². The smallest absolute Gasteiger partial charge is 0.416 e. The first kappa shape index (κ1) is 36.8. The van der Waals surface area contributed by atoms with E-state index in [1.54, 1.807) is 4.68 Å². The van der Waals surface area contributed by atoms with E-state index in [9.17, 15) is 22.4 Å². The Hall–Kier alpha value is -3.80. The van der Waals surface area contributed by atoms with Gasteiger partial charge in [-0.25, -0.2) is 8.78 Å². The largest absolute Gasteiger partial charge is 0.461 e. The van der Waals surface area contributed by atoms with Crippen LogP contribution in [0.3, 0.4) is 0 Å². The van der Waals surface area contributed by atoms with Crippen LogP contribution < -0.4 is 20.7 Å². The fourth-order valence-electron chi connectivity index (χ4n) is 9.72. The maximum absolute atomic E-state index is 15.5. The number of aryl methyl sites for hydroxylation is 1. The average molecular weight is 792 g/mol. The maximum atomic E-state index is 15.5. The number of hydrogen-bond donors (Lipinski definition) is 2. The Labute approximate surface area is 319 Å². The van der Waals surface area contributed by atoms with E-state index in [0.717, 1.165) is 50.9 Å². The predicted molar refractivity (Wildman–Crippen MR) is 191 cm³/mol. The lowest BCUT2D eigenvalue weighted by Crippen LogP contribution is -2.43. The number of nitrogen functional groups attached to an aromatic ring is 1. The van der Waals surface area contributed by atoms with E-state index in [-0.39, 0.29) is 54.9 Å². The Kier molecular flexibility index (Phi) is 9.36. The third-order valence-corrected chi connectivity index (χ3v) is 12.8. The topological polar surface area (TPSA) is 127 Å². The Morgan fingerprint density at radius 1 is 1.13 bits per heavy atom. The molecule has 1 aromatic carbocycles. The minimum absolute atomic E-state index is 0.0224. The van der Waals surface area contributed by atoms with Gasteiger partial charge in [0.25, 0.3) is 5.91 Å². The summed E-state index contributed by atoms with van der Waals surface area (Å²) in [5.41, 5.74) is 4.63. The van der Waals surface area contributed by atoms with Crippen molar-refractivity contribution in [2.24, 2.45) is 5.92 Å². The highest BCUT2D eigenvalue weighted by molar-refractivity contribution is 6.34. The monoisotopic (exact) mass is 791 g/mol. The number of nitrogens with one attached hydrogen (secondary N) is 1. The molecule has 6 aliphatic heterocycles. The highest BCUT2D eigenvalue weighted by Gasteiger charge is 2.50. The number of benzene rings is 1. The molecule has 0 aliphatic carbocycles. The zero-order chi connectivity index (χ0) is 38.2. The molecule has 4 fully saturated rings. The number of rotatable bonds is 6. The lowest BCUT2D eigenvalue weighted by molar-refractivity contribution is -0.140. The van der Waals surface area contributed by atoms with Crippen molar-refractivity contribution in [1.82, 2.24) is 34.9 Å². The van der Waals surface area contributed by atoms with Gasteiger partial charge in [0.05, 0.1) is 52.5 Å². The average Bonchev–Trinajstić information content (AvgIpc) is 3.88. The van der Waals surface area contributed by atoms with Gasteiger partial charge in [0, 0.05) is 62.7 Å². The highest BCUT2D eigenvalue weighted by atomic mass is 35.5. The minimum Gasteiger partial charge on any atom is -0.461 e. The van der Waals surface area contributed by atoms with Gasteiger partial charge < -0.3 is 30.3 Å². The summed E-state index contributed by atoms with van der Waals surface area (Å²) in [6.07, 6.45) is -2.69. The summed E-state index contributed by atoms with van der Waals surface area (Å²) in [4.78, 5) is 29.2. The van der Waals surface area contributed by atoms with Gasteiger partial charge in [-0.2, -0.15) is 28.2 Å². The van der Waals surface area contributed by atoms with E-state index in [1.165, 1.54) is 0 Å². The van der Waals surface area contributed by atoms with Gasteiger partial charge >= 0.3 is 12.2 Å². The Morgan fingerprint density at radius 3 is 2.80 bits per heavy atom. The number of carbonyl (C=O) groups is 1. The second-order valence-electron chi connectivity index (χ2n) is 15.8. The maximum Gasteiger partial charge on any atom is 0.416 e. The van der Waals surface area contributed by atoms with Crippen molar-refractivity contribution in [3.8, 4) is 6.01 Å². The van der Waals surface area contributed by atoms with Crippen LogP contribution in [0.25, 0.3) is 0 Å². The highest BCUT2D eigenvalue weighted by Crippen LogP contribution is 2.44. The van der Waals surface area contributed by atoms with Gasteiger partial charge in [0.15, 0.2) is 11.5 Å². The molecule has 6 aliphatic rings. The lowest BCUT2D eigenvalue weighted by Gasteiger charge is -2.33. The number of nitrogens with zero attached hydrogens (tertiary/aromatic N) is 7. The number of anilines is 2. The number of aromatic nitrogens is 4. The number of likely N-dealkylation sites (tertiary alicyclic amines) is 1. The quantitative estimate of drug-likeness (QED) is 0.258. The first-order valence-electron chi connectivity index (χ1n) is 19.1. The van der Waals surface area contributed by atoms with Gasteiger partial charge in [-0.3, -0.25) is 14.4 Å². The summed E-state index contributed by atoms with van der Waals surface area (Å²) in [6, 6.07) is 1.89. The molecule has 8 heterocycles. The van der Waals surface area contributed by atoms with Crippen molar-refractivity contribution in [2.45, 2.75) is 94.7 Å². The first-order valence-corrected chi connectivity index (χ1v) is 19.5. The van der Waals surface area contributed by atoms with Gasteiger partial charge in [-0.1, -0.05) is 11.6 Å². The molecule has 4 saturated heterocycles. The number of ether oxygens (including phenoxy) is 2. The van der Waals surface area contributed by atoms with E-state index >= 15 is 4.39 Å². The molecule has 2 unspecified atom stereocenters. The number of piperidine rings is 1. The van der Waals surface area contributed by atoms with Crippen LogP contribution >= 0.6 is 11.6 Å². The van der Waals surface area contributed by atoms with Crippen molar-refractivity contribution in [3.05, 3.63) is 56.7 Å². The molecule has 12 nitrogen and oxygen atoms in total. The number of carbonyl (C=O) groups excluding carboxylic acids is 1. The molecule has 55 heavy (non-hydrogen) atoms. The molecule has 1 amide bonds. The molecule has 3 N–H and O–H groups in total. The van der Waals surface area contributed by atoms with E-state index in [4.69, 9.17) is 36.9 Å². The Balaban J connectivity index is 1.05. The molecule has 0 radical (unpaired) electrons. The van der Waals surface area contributed by atoms with E-state index in [2.05, 4.69) is 15.2 Å². The number of fused-ring (bicyclic) bond motifs is 4. The Morgan fingerprint density at radius 2 is 1.98 bits per heavy atom. The molecule has 0 saturated carbocycles. The predicted octanol–water partition coefficient (Wildman–Crippen LogP) is 5.07. The van der Waals surface area contributed by atoms with Gasteiger partial charge in [0.1, 0.15) is 18.6 Å². The van der Waals surface area contributed by atoms with Crippen LogP contribution in [-0.2, 0) is 37.0 Å². The molecule has 0 spiro atoms. The standard InChI is InChI=1S/C37H43ClF5N9O3/c38-30-27-17-49(9-3-11-52(27)48-32(30)34(53)50-14-20-4-1-8-45-26(20)16-50)33-22-18-54-28(29-23(37(41,42)43)5-6-24(44)31(29)40)12-25(22)46-35(47-33)55-19-36-7-2-10-51(36)15-21(39)13-36/h5-6,20-21,26,28,45H,1-4,7-19,44H2/t20?,21-,26?,28+,36+/m1/s1. The number of hydrogen-bond acceptors (Lipinski definition) is 10. The van der Waals surface area contributed by atoms with Crippen molar-refractivity contribution in [3.63, 3.8) is 0 Å². The van der Waals surface area contributed by atoms with Gasteiger partial charge in [-0.15, -0.1) is 0 Å². The number of nitrogens with two attached hydrogens (primary N) is 1. The molecule has 5 atom stereocenters. The van der Waals surface area contributed by atoms with Crippen LogP contribution in [-0.4, -0.2) is 99.1 Å². The van der Waals surface area contributed by atoms with Crippen molar-refractivity contribution in [2.75, 3.05) is 56.5 Å². The molecule has 18 heteroatoms. The summed E-state index contributed by atoms with van der Waals surface area (Å²) in [6.45, 7) is 4.36. The van der Waals surface area contributed by atoms with E-state index in [1.807, 2.05) is 9.80 Å². The zero-order valence-electron chi connectivity index (χ0n) is 30.2. The Bertz CT molecular complexity index is 1990. The molecular formula is C37H43ClF5N9O3. The molecule has 2 aromatic heterocycles. The molecule has 9 rings (SSSR count). The minimum atomic E-state index is -4.86. The van der Waals surface area contributed by atoms with Crippen LogP contribution in [0.15, 0.2) is 12.1 Å². The van der Waals surface area contributed by atoms with Crippen LogP contribution in [0.1, 0.15) is 83.2 Å². The second-order valence-corrected chi connectivity index (χ2v) is 16.2. The molecular weight excluding hydrogens is 749 g/mol. The summed E-state index contributed by atoms with van der Waals surface area (Å²) >= 11 is 6.99. The van der Waals surface area contributed by atoms with Crippen molar-refractivity contribution >= 4 is 29.0 Å². The van der Waals surface area contributed by atoms with Crippen LogP contribution in [0, 0.1) is 11.7 Å².